The topological polar surface area (TPSA) is 123 Å². The molecule has 9 nitrogen and oxygen atoms in total. The second-order valence-electron chi connectivity index (χ2n) is 7.35. The van der Waals surface area contributed by atoms with Crippen molar-refractivity contribution in [2.45, 2.75) is 62.6 Å². The minimum atomic E-state index is -0.658. The fourth-order valence-electron chi connectivity index (χ4n) is 4.21. The van der Waals surface area contributed by atoms with Crippen LogP contribution in [0.25, 0.3) is 11.2 Å². The van der Waals surface area contributed by atoms with E-state index < -0.39 is 11.4 Å². The highest BCUT2D eigenvalue weighted by Gasteiger charge is 2.67. The van der Waals surface area contributed by atoms with Crippen LogP contribution in [0.5, 0.6) is 0 Å². The summed E-state index contributed by atoms with van der Waals surface area (Å²) in [6.45, 7) is 3.84. The number of rotatable bonds is 1. The molecule has 0 radical (unpaired) electrons. The SMILES string of the molecule is CC1(C)OC2[C@H](O1)[C@H](n1cnc3c(N)ncnc31)OC21CC(N)C1. The molecule has 1 saturated carbocycles. The third-order valence-corrected chi connectivity index (χ3v) is 5.16. The first kappa shape index (κ1) is 14.5. The lowest BCUT2D eigenvalue weighted by Crippen LogP contribution is -2.58. The lowest BCUT2D eigenvalue weighted by Gasteiger charge is -2.45. The molecule has 2 aromatic heterocycles. The van der Waals surface area contributed by atoms with Crippen molar-refractivity contribution in [3.8, 4) is 0 Å². The van der Waals surface area contributed by atoms with Gasteiger partial charge in [0.1, 0.15) is 29.7 Å². The summed E-state index contributed by atoms with van der Waals surface area (Å²) in [6.07, 6.45) is 3.82. The van der Waals surface area contributed by atoms with Crippen LogP contribution in [-0.4, -0.2) is 49.2 Å². The lowest BCUT2D eigenvalue weighted by molar-refractivity contribution is -0.238. The Kier molecular flexibility index (Phi) is 2.68. The van der Waals surface area contributed by atoms with Crippen LogP contribution in [-0.2, 0) is 14.2 Å². The van der Waals surface area contributed by atoms with Crippen LogP contribution in [0.1, 0.15) is 32.9 Å². The van der Waals surface area contributed by atoms with E-state index in [0.29, 0.717) is 17.0 Å². The first-order valence-electron chi connectivity index (χ1n) is 8.11. The second-order valence-corrected chi connectivity index (χ2v) is 7.35. The molecular weight excluding hydrogens is 312 g/mol. The van der Waals surface area contributed by atoms with Crippen molar-refractivity contribution in [3.05, 3.63) is 12.7 Å². The van der Waals surface area contributed by atoms with E-state index in [1.165, 1.54) is 6.33 Å². The van der Waals surface area contributed by atoms with Gasteiger partial charge in [-0.2, -0.15) is 0 Å². The molecule has 4 heterocycles. The highest BCUT2D eigenvalue weighted by Crippen LogP contribution is 2.55. The van der Waals surface area contributed by atoms with Gasteiger partial charge in [-0.25, -0.2) is 15.0 Å². The number of hydrogen-bond donors (Lipinski definition) is 2. The molecule has 1 unspecified atom stereocenters. The molecule has 3 fully saturated rings. The van der Waals surface area contributed by atoms with Gasteiger partial charge in [-0.15, -0.1) is 0 Å². The zero-order valence-electron chi connectivity index (χ0n) is 13.5. The number of nitrogens with zero attached hydrogens (tertiary/aromatic N) is 4. The molecule has 128 valence electrons. The molecule has 4 N–H and O–H groups in total. The number of imidazole rings is 1. The molecule has 2 aliphatic heterocycles. The van der Waals surface area contributed by atoms with Gasteiger partial charge in [0.05, 0.1) is 6.33 Å². The minimum absolute atomic E-state index is 0.134. The van der Waals surface area contributed by atoms with E-state index in [1.54, 1.807) is 6.33 Å². The van der Waals surface area contributed by atoms with E-state index in [0.717, 1.165) is 12.8 Å². The molecule has 5 rings (SSSR count). The molecule has 1 spiro atoms. The molecule has 0 bridgehead atoms. The van der Waals surface area contributed by atoms with Crippen molar-refractivity contribution in [3.63, 3.8) is 0 Å². The smallest absolute Gasteiger partial charge is 0.167 e. The third kappa shape index (κ3) is 1.80. The largest absolute Gasteiger partial charge is 0.382 e. The van der Waals surface area contributed by atoms with E-state index in [-0.39, 0.29) is 24.5 Å². The first-order valence-corrected chi connectivity index (χ1v) is 8.11. The van der Waals surface area contributed by atoms with Crippen LogP contribution in [0.3, 0.4) is 0 Å². The van der Waals surface area contributed by atoms with Gasteiger partial charge in [0.2, 0.25) is 0 Å². The van der Waals surface area contributed by atoms with Crippen LogP contribution < -0.4 is 11.5 Å². The molecule has 2 saturated heterocycles. The van der Waals surface area contributed by atoms with E-state index in [1.807, 2.05) is 18.4 Å². The summed E-state index contributed by atoms with van der Waals surface area (Å²) in [7, 11) is 0. The fraction of sp³-hybridized carbons (Fsp3) is 0.667. The molecule has 0 aromatic carbocycles. The Bertz CT molecular complexity index is 815. The zero-order valence-corrected chi connectivity index (χ0v) is 13.5. The highest BCUT2D eigenvalue weighted by atomic mass is 16.8. The van der Waals surface area contributed by atoms with E-state index in [9.17, 15) is 0 Å². The minimum Gasteiger partial charge on any atom is -0.382 e. The van der Waals surface area contributed by atoms with Gasteiger partial charge < -0.3 is 25.7 Å². The van der Waals surface area contributed by atoms with Crippen molar-refractivity contribution >= 4 is 17.0 Å². The summed E-state index contributed by atoms with van der Waals surface area (Å²) in [5, 5.41) is 0. The normalized spacial score (nSPS) is 40.1. The molecule has 1 aliphatic carbocycles. The number of anilines is 1. The predicted molar refractivity (Wildman–Crippen MR) is 83.6 cm³/mol. The van der Waals surface area contributed by atoms with Crippen LogP contribution in [0.15, 0.2) is 12.7 Å². The molecule has 9 heteroatoms. The number of ether oxygens (including phenoxy) is 3. The summed E-state index contributed by atoms with van der Waals surface area (Å²) >= 11 is 0. The maximum absolute atomic E-state index is 6.40. The monoisotopic (exact) mass is 332 g/mol. The Morgan fingerprint density at radius 1 is 1.17 bits per heavy atom. The van der Waals surface area contributed by atoms with E-state index in [2.05, 4.69) is 15.0 Å². The molecule has 24 heavy (non-hydrogen) atoms. The van der Waals surface area contributed by atoms with Crippen molar-refractivity contribution in [1.82, 2.24) is 19.5 Å². The molecule has 0 amide bonds. The molecule has 2 aromatic rings. The van der Waals surface area contributed by atoms with Gasteiger partial charge in [0.15, 0.2) is 23.5 Å². The summed E-state index contributed by atoms with van der Waals surface area (Å²) in [4.78, 5) is 12.6. The van der Waals surface area contributed by atoms with Crippen LogP contribution in [0.2, 0.25) is 0 Å². The van der Waals surface area contributed by atoms with Crippen LogP contribution in [0.4, 0.5) is 5.82 Å². The quantitative estimate of drug-likeness (QED) is 0.765. The van der Waals surface area contributed by atoms with E-state index in [4.69, 9.17) is 25.7 Å². The number of nitrogen functional groups attached to an aromatic ring is 1. The second kappa shape index (κ2) is 4.42. The van der Waals surface area contributed by atoms with Crippen molar-refractivity contribution in [1.29, 1.82) is 0 Å². The van der Waals surface area contributed by atoms with Gasteiger partial charge in [-0.3, -0.25) is 4.57 Å². The number of aromatic nitrogens is 4. The summed E-state index contributed by atoms with van der Waals surface area (Å²) in [5.41, 5.74) is 12.7. The lowest BCUT2D eigenvalue weighted by atomic mass is 9.72. The van der Waals surface area contributed by atoms with Crippen molar-refractivity contribution in [2.75, 3.05) is 5.73 Å². The van der Waals surface area contributed by atoms with Crippen LogP contribution >= 0.6 is 0 Å². The van der Waals surface area contributed by atoms with Crippen molar-refractivity contribution < 1.29 is 14.2 Å². The van der Waals surface area contributed by atoms with Crippen LogP contribution in [0, 0.1) is 0 Å². The maximum atomic E-state index is 6.40. The van der Waals surface area contributed by atoms with E-state index >= 15 is 0 Å². The Morgan fingerprint density at radius 2 is 1.96 bits per heavy atom. The maximum Gasteiger partial charge on any atom is 0.167 e. The number of fused-ring (bicyclic) bond motifs is 3. The van der Waals surface area contributed by atoms with Crippen molar-refractivity contribution in [2.24, 2.45) is 5.73 Å². The summed E-state index contributed by atoms with van der Waals surface area (Å²) < 4.78 is 20.5. The summed E-state index contributed by atoms with van der Waals surface area (Å²) in [5.74, 6) is -0.313. The number of nitrogens with two attached hydrogens (primary N) is 2. The van der Waals surface area contributed by atoms with Gasteiger partial charge >= 0.3 is 0 Å². The third-order valence-electron chi connectivity index (χ3n) is 5.16. The first-order chi connectivity index (χ1) is 11.4. The van der Waals surface area contributed by atoms with Gasteiger partial charge in [0, 0.05) is 6.04 Å². The Labute approximate surface area is 138 Å². The standard InChI is InChI=1S/C15H20N6O3/c1-14(2)22-9-10(23-14)15(3-7(16)4-15)24-13(9)21-6-20-8-11(17)18-5-19-12(8)21/h5-7,9-10,13H,3-4,16H2,1-2H3,(H2,17,18,19)/t7?,9-,10?,13+,15?/m0/s1. The Hall–Kier alpha value is -1.81. The van der Waals surface area contributed by atoms with Gasteiger partial charge in [-0.1, -0.05) is 0 Å². The predicted octanol–water partition coefficient (Wildman–Crippen LogP) is 0.317. The van der Waals surface area contributed by atoms with Gasteiger partial charge in [0.25, 0.3) is 0 Å². The average molecular weight is 332 g/mol. The highest BCUT2D eigenvalue weighted by molar-refractivity contribution is 5.81. The molecule has 3 aliphatic rings. The molecular formula is C15H20N6O3. The molecule has 3 atom stereocenters. The zero-order chi connectivity index (χ0) is 16.7. The van der Waals surface area contributed by atoms with Gasteiger partial charge in [-0.05, 0) is 26.7 Å². The Balaban J connectivity index is 1.59. The summed E-state index contributed by atoms with van der Waals surface area (Å²) in [6, 6.07) is 0.134. The number of hydrogen-bond acceptors (Lipinski definition) is 8. The fourth-order valence-corrected chi connectivity index (χ4v) is 4.21. The average Bonchev–Trinajstić information content (AvgIpc) is 3.11. The Morgan fingerprint density at radius 3 is 2.71 bits per heavy atom.